The van der Waals surface area contributed by atoms with E-state index in [-0.39, 0.29) is 5.82 Å². The fraction of sp³-hybridized carbons (Fsp3) is 0.524. The van der Waals surface area contributed by atoms with Gasteiger partial charge in [0.1, 0.15) is 11.5 Å². The number of rotatable bonds is 7. The molecular formula is C21H29N7O. The third-order valence-corrected chi connectivity index (χ3v) is 5.97. The molecule has 1 fully saturated rings. The fourth-order valence-electron chi connectivity index (χ4n) is 4.56. The lowest BCUT2D eigenvalue weighted by Gasteiger charge is -2.35. The number of nitrogen functional groups attached to an aromatic ring is 1. The van der Waals surface area contributed by atoms with Gasteiger partial charge in [-0.25, -0.2) is 9.50 Å². The van der Waals surface area contributed by atoms with Gasteiger partial charge in [-0.05, 0) is 45.1 Å². The Morgan fingerprint density at radius 2 is 2.28 bits per heavy atom. The molecule has 2 unspecified atom stereocenters. The zero-order chi connectivity index (χ0) is 20.4. The number of aliphatic imine (C=N–C) groups is 1. The van der Waals surface area contributed by atoms with E-state index in [1.54, 1.807) is 4.52 Å². The number of allylic oxidation sites excluding steroid dienone is 1. The SMILES string of the molecule is CCCCC1=NC=C(C)CC1C1CCCN1c1ccn2nc(N)c(NC=O)c2n1. The minimum Gasteiger partial charge on any atom is -0.380 e. The van der Waals surface area contributed by atoms with E-state index in [2.05, 4.69) is 29.2 Å². The predicted octanol–water partition coefficient (Wildman–Crippen LogP) is 3.40. The zero-order valence-corrected chi connectivity index (χ0v) is 17.1. The molecule has 3 N–H and O–H groups in total. The van der Waals surface area contributed by atoms with Gasteiger partial charge in [0.15, 0.2) is 11.5 Å². The maximum atomic E-state index is 11.0. The van der Waals surface area contributed by atoms with Crippen molar-refractivity contribution >= 4 is 35.1 Å². The molecule has 2 aromatic heterocycles. The molecule has 29 heavy (non-hydrogen) atoms. The van der Waals surface area contributed by atoms with Gasteiger partial charge in [0.2, 0.25) is 6.41 Å². The maximum Gasteiger partial charge on any atom is 0.211 e. The van der Waals surface area contributed by atoms with Crippen LogP contribution in [-0.4, -0.2) is 39.3 Å². The van der Waals surface area contributed by atoms with Crippen LogP contribution in [0.5, 0.6) is 0 Å². The third kappa shape index (κ3) is 3.71. The summed E-state index contributed by atoms with van der Waals surface area (Å²) in [5.74, 6) is 1.59. The molecule has 2 aromatic rings. The first-order valence-electron chi connectivity index (χ1n) is 10.5. The Kier molecular flexibility index (Phi) is 5.51. The standard InChI is InChI=1S/C21H29N7O/c1-3-4-6-16-15(11-14(2)12-23-16)17-7-5-9-27(17)18-8-10-28-21(25-18)19(24-13-29)20(22)26-28/h8,10,12-13,15,17H,3-7,9,11H2,1-2H3,(H2,22,26)(H,24,29). The lowest BCUT2D eigenvalue weighted by atomic mass is 9.83. The molecule has 154 valence electrons. The van der Waals surface area contributed by atoms with Crippen molar-refractivity contribution in [3.63, 3.8) is 0 Å². The average Bonchev–Trinajstić information content (AvgIpc) is 3.32. The van der Waals surface area contributed by atoms with Crippen LogP contribution < -0.4 is 16.0 Å². The Labute approximate surface area is 170 Å². The third-order valence-electron chi connectivity index (χ3n) is 5.97. The number of aromatic nitrogens is 3. The van der Waals surface area contributed by atoms with Crippen molar-refractivity contribution in [2.24, 2.45) is 10.9 Å². The van der Waals surface area contributed by atoms with Crippen LogP contribution in [0.1, 0.15) is 52.4 Å². The first kappa shape index (κ1) is 19.4. The van der Waals surface area contributed by atoms with Crippen molar-refractivity contribution in [2.45, 2.75) is 58.4 Å². The highest BCUT2D eigenvalue weighted by Gasteiger charge is 2.36. The van der Waals surface area contributed by atoms with Gasteiger partial charge in [-0.3, -0.25) is 9.79 Å². The van der Waals surface area contributed by atoms with Crippen LogP contribution >= 0.6 is 0 Å². The zero-order valence-electron chi connectivity index (χ0n) is 17.1. The summed E-state index contributed by atoms with van der Waals surface area (Å²) < 4.78 is 1.61. The molecule has 2 aliphatic heterocycles. The van der Waals surface area contributed by atoms with E-state index >= 15 is 0 Å². The second kappa shape index (κ2) is 8.23. The summed E-state index contributed by atoms with van der Waals surface area (Å²) >= 11 is 0. The molecule has 0 saturated carbocycles. The van der Waals surface area contributed by atoms with Crippen molar-refractivity contribution in [3.8, 4) is 0 Å². The van der Waals surface area contributed by atoms with E-state index in [1.807, 2.05) is 18.5 Å². The molecule has 0 radical (unpaired) electrons. The molecule has 0 aliphatic carbocycles. The summed E-state index contributed by atoms with van der Waals surface area (Å²) in [6.45, 7) is 5.36. The van der Waals surface area contributed by atoms with Crippen LogP contribution in [0, 0.1) is 5.92 Å². The number of fused-ring (bicyclic) bond motifs is 1. The molecule has 1 saturated heterocycles. The Balaban J connectivity index is 1.66. The van der Waals surface area contributed by atoms with Crippen LogP contribution in [0.4, 0.5) is 17.3 Å². The van der Waals surface area contributed by atoms with E-state index in [1.165, 1.54) is 24.1 Å². The summed E-state index contributed by atoms with van der Waals surface area (Å²) in [6, 6.07) is 2.36. The van der Waals surface area contributed by atoms with Gasteiger partial charge in [0, 0.05) is 36.6 Å². The van der Waals surface area contributed by atoms with Crippen LogP contribution in [0.2, 0.25) is 0 Å². The minimum atomic E-state index is 0.266. The number of anilines is 3. The molecule has 2 aliphatic rings. The lowest BCUT2D eigenvalue weighted by molar-refractivity contribution is -0.105. The van der Waals surface area contributed by atoms with E-state index in [0.717, 1.165) is 38.0 Å². The van der Waals surface area contributed by atoms with Gasteiger partial charge in [-0.2, -0.15) is 0 Å². The number of carbonyl (C=O) groups excluding carboxylic acids is 1. The molecule has 8 nitrogen and oxygen atoms in total. The number of nitrogens with zero attached hydrogens (tertiary/aromatic N) is 5. The van der Waals surface area contributed by atoms with Crippen molar-refractivity contribution in [1.82, 2.24) is 14.6 Å². The summed E-state index contributed by atoms with van der Waals surface area (Å²) in [5.41, 5.74) is 9.63. The Hall–Kier alpha value is -2.90. The van der Waals surface area contributed by atoms with Gasteiger partial charge < -0.3 is 16.0 Å². The monoisotopic (exact) mass is 395 g/mol. The lowest BCUT2D eigenvalue weighted by Crippen LogP contribution is -2.40. The number of unbranched alkanes of at least 4 members (excludes halogenated alkanes) is 1. The molecule has 2 atom stereocenters. The molecule has 4 heterocycles. The van der Waals surface area contributed by atoms with Crippen molar-refractivity contribution in [3.05, 3.63) is 24.0 Å². The molecule has 4 rings (SSSR count). The Bertz CT molecular complexity index is 961. The van der Waals surface area contributed by atoms with Gasteiger partial charge in [0.05, 0.1) is 0 Å². The van der Waals surface area contributed by atoms with E-state index < -0.39 is 0 Å². The van der Waals surface area contributed by atoms with Crippen molar-refractivity contribution < 1.29 is 4.79 Å². The summed E-state index contributed by atoms with van der Waals surface area (Å²) in [5, 5.41) is 6.86. The number of nitrogens with one attached hydrogen (secondary N) is 1. The molecule has 0 spiro atoms. The first-order valence-corrected chi connectivity index (χ1v) is 10.5. The number of nitrogens with two attached hydrogens (primary N) is 1. The molecule has 0 bridgehead atoms. The number of amides is 1. The van der Waals surface area contributed by atoms with E-state index in [9.17, 15) is 4.79 Å². The quantitative estimate of drug-likeness (QED) is 0.700. The second-order valence-electron chi connectivity index (χ2n) is 7.99. The molecular weight excluding hydrogens is 366 g/mol. The molecule has 0 aromatic carbocycles. The normalized spacial score (nSPS) is 21.9. The van der Waals surface area contributed by atoms with Crippen LogP contribution in [0.15, 0.2) is 29.0 Å². The van der Waals surface area contributed by atoms with Crippen LogP contribution in [0.3, 0.4) is 0 Å². The predicted molar refractivity (Wildman–Crippen MR) is 116 cm³/mol. The first-order chi connectivity index (χ1) is 14.1. The molecule has 8 heteroatoms. The summed E-state index contributed by atoms with van der Waals surface area (Å²) in [6.07, 6.45) is 11.3. The van der Waals surface area contributed by atoms with E-state index in [4.69, 9.17) is 15.7 Å². The van der Waals surface area contributed by atoms with E-state index in [0.29, 0.717) is 29.7 Å². The number of hydrogen-bond donors (Lipinski definition) is 2. The van der Waals surface area contributed by atoms with Gasteiger partial charge in [-0.1, -0.05) is 18.9 Å². The van der Waals surface area contributed by atoms with Crippen molar-refractivity contribution in [1.29, 1.82) is 0 Å². The molecule has 1 amide bonds. The number of hydrogen-bond acceptors (Lipinski definition) is 6. The average molecular weight is 396 g/mol. The second-order valence-corrected chi connectivity index (χ2v) is 7.99. The Morgan fingerprint density at radius 3 is 3.07 bits per heavy atom. The van der Waals surface area contributed by atoms with Crippen molar-refractivity contribution in [2.75, 3.05) is 22.5 Å². The largest absolute Gasteiger partial charge is 0.380 e. The van der Waals surface area contributed by atoms with Crippen LogP contribution in [0.25, 0.3) is 5.65 Å². The van der Waals surface area contributed by atoms with Gasteiger partial charge >= 0.3 is 0 Å². The van der Waals surface area contributed by atoms with Crippen LogP contribution in [-0.2, 0) is 4.79 Å². The fourth-order valence-corrected chi connectivity index (χ4v) is 4.56. The highest BCUT2D eigenvalue weighted by Crippen LogP contribution is 2.36. The maximum absolute atomic E-state index is 11.0. The highest BCUT2D eigenvalue weighted by atomic mass is 16.1. The topological polar surface area (TPSA) is 101 Å². The smallest absolute Gasteiger partial charge is 0.211 e. The number of carbonyl (C=O) groups is 1. The van der Waals surface area contributed by atoms with Gasteiger partial charge in [0.25, 0.3) is 0 Å². The Morgan fingerprint density at radius 1 is 1.41 bits per heavy atom. The van der Waals surface area contributed by atoms with Gasteiger partial charge in [-0.15, -0.1) is 5.10 Å². The highest BCUT2D eigenvalue weighted by molar-refractivity contribution is 5.90. The summed E-state index contributed by atoms with van der Waals surface area (Å²) in [7, 11) is 0. The summed E-state index contributed by atoms with van der Waals surface area (Å²) in [4.78, 5) is 23.0. The minimum absolute atomic E-state index is 0.266.